The van der Waals surface area contributed by atoms with E-state index in [1.807, 2.05) is 0 Å². The summed E-state index contributed by atoms with van der Waals surface area (Å²) in [7, 11) is 0. The number of nitrogens with one attached hydrogen (secondary N) is 2. The average molecular weight is 397 g/mol. The molecule has 2 aromatic heterocycles. The van der Waals surface area contributed by atoms with Gasteiger partial charge in [-0.1, -0.05) is 12.1 Å². The van der Waals surface area contributed by atoms with Crippen molar-refractivity contribution in [2.75, 3.05) is 0 Å². The van der Waals surface area contributed by atoms with Gasteiger partial charge in [0.1, 0.15) is 5.69 Å². The molecule has 8 nitrogen and oxygen atoms in total. The first-order chi connectivity index (χ1) is 13.7. The number of ether oxygens (including phenoxy) is 2. The Morgan fingerprint density at radius 2 is 1.69 bits per heavy atom. The second kappa shape index (κ2) is 7.90. The third-order valence-corrected chi connectivity index (χ3v) is 4.49. The molecule has 2 N–H and O–H groups in total. The van der Waals surface area contributed by atoms with Crippen LogP contribution in [0.4, 0.5) is 0 Å². The van der Waals surface area contributed by atoms with Gasteiger partial charge in [-0.05, 0) is 52.3 Å². The van der Waals surface area contributed by atoms with Gasteiger partial charge in [0.25, 0.3) is 5.56 Å². The van der Waals surface area contributed by atoms with Crippen molar-refractivity contribution < 1.29 is 19.1 Å². The Balaban J connectivity index is 1.85. The monoisotopic (exact) mass is 397 g/mol. The molecule has 1 aromatic carbocycles. The van der Waals surface area contributed by atoms with Crippen molar-refractivity contribution in [1.29, 1.82) is 0 Å². The molecule has 0 unspecified atom stereocenters. The van der Waals surface area contributed by atoms with Crippen LogP contribution in [0.25, 0.3) is 10.9 Å². The van der Waals surface area contributed by atoms with E-state index in [1.165, 1.54) is 0 Å². The van der Waals surface area contributed by atoms with Gasteiger partial charge in [0, 0.05) is 5.69 Å². The van der Waals surface area contributed by atoms with Crippen LogP contribution in [0.5, 0.6) is 0 Å². The number of aromatic nitrogens is 3. The lowest BCUT2D eigenvalue weighted by Crippen LogP contribution is -2.18. The predicted octanol–water partition coefficient (Wildman–Crippen LogP) is 3.35. The number of esters is 2. The number of para-hydroxylation sites is 1. The van der Waals surface area contributed by atoms with Gasteiger partial charge >= 0.3 is 11.9 Å². The highest BCUT2D eigenvalue weighted by molar-refractivity contribution is 5.98. The highest BCUT2D eigenvalue weighted by Crippen LogP contribution is 2.23. The number of aromatic amines is 2. The van der Waals surface area contributed by atoms with Crippen molar-refractivity contribution in [3.05, 3.63) is 63.0 Å². The maximum Gasteiger partial charge on any atom is 0.355 e. The normalized spacial score (nSPS) is 12.2. The number of H-pyrrole nitrogens is 2. The summed E-state index contributed by atoms with van der Waals surface area (Å²) in [6, 6.07) is 6.91. The molecular formula is C21H23N3O5. The first-order valence-corrected chi connectivity index (χ1v) is 9.29. The van der Waals surface area contributed by atoms with Crippen LogP contribution in [0.3, 0.4) is 0 Å². The molecule has 3 rings (SSSR count). The molecule has 0 amide bonds. The van der Waals surface area contributed by atoms with E-state index >= 15 is 0 Å². The first kappa shape index (κ1) is 20.3. The molecular weight excluding hydrogens is 374 g/mol. The topological polar surface area (TPSA) is 114 Å². The van der Waals surface area contributed by atoms with E-state index < -0.39 is 18.0 Å². The fourth-order valence-corrected chi connectivity index (χ4v) is 3.11. The van der Waals surface area contributed by atoms with E-state index in [9.17, 15) is 14.4 Å². The van der Waals surface area contributed by atoms with E-state index in [-0.39, 0.29) is 23.2 Å². The highest BCUT2D eigenvalue weighted by Gasteiger charge is 2.26. The molecule has 0 saturated heterocycles. The lowest BCUT2D eigenvalue weighted by atomic mass is 10.1. The predicted molar refractivity (Wildman–Crippen MR) is 107 cm³/mol. The average Bonchev–Trinajstić information content (AvgIpc) is 2.95. The Bertz CT molecular complexity index is 1140. The number of hydrogen-bond donors (Lipinski definition) is 2. The second-order valence-corrected chi connectivity index (χ2v) is 7.09. The standard InChI is InChI=1S/C21H23N3O5/c1-10(2)28-20(26)16-11(3)17(22-12(16)4)21(27)29-13(5)18-23-15-9-7-6-8-14(15)19(25)24-18/h6-10,13,22H,1-5H3,(H,23,24,25)/t13-/m1/s1. The third kappa shape index (κ3) is 4.06. The Morgan fingerprint density at radius 1 is 1.00 bits per heavy atom. The summed E-state index contributed by atoms with van der Waals surface area (Å²) in [6.07, 6.45) is -1.07. The minimum Gasteiger partial charge on any atom is -0.459 e. The molecule has 0 bridgehead atoms. The van der Waals surface area contributed by atoms with Gasteiger partial charge in [0.2, 0.25) is 0 Å². The maximum absolute atomic E-state index is 12.7. The summed E-state index contributed by atoms with van der Waals surface area (Å²) in [4.78, 5) is 47.1. The summed E-state index contributed by atoms with van der Waals surface area (Å²) >= 11 is 0. The fourth-order valence-electron chi connectivity index (χ4n) is 3.11. The van der Waals surface area contributed by atoms with Gasteiger partial charge in [0.15, 0.2) is 11.9 Å². The number of rotatable bonds is 5. The van der Waals surface area contributed by atoms with Crippen LogP contribution in [0.15, 0.2) is 29.1 Å². The fraction of sp³-hybridized carbons (Fsp3) is 0.333. The Kier molecular flexibility index (Phi) is 5.54. The quantitative estimate of drug-likeness (QED) is 0.638. The molecule has 0 aliphatic heterocycles. The number of carbonyl (C=O) groups is 2. The van der Waals surface area contributed by atoms with Crippen LogP contribution in [0.2, 0.25) is 0 Å². The van der Waals surface area contributed by atoms with Gasteiger partial charge in [-0.3, -0.25) is 4.79 Å². The zero-order chi connectivity index (χ0) is 21.3. The molecule has 1 atom stereocenters. The molecule has 2 heterocycles. The number of benzene rings is 1. The Morgan fingerprint density at radius 3 is 2.38 bits per heavy atom. The second-order valence-electron chi connectivity index (χ2n) is 7.09. The molecule has 0 aliphatic carbocycles. The summed E-state index contributed by atoms with van der Waals surface area (Å²) in [5.74, 6) is -0.918. The largest absolute Gasteiger partial charge is 0.459 e. The van der Waals surface area contributed by atoms with Gasteiger partial charge < -0.3 is 19.4 Å². The van der Waals surface area contributed by atoms with E-state index in [4.69, 9.17) is 9.47 Å². The lowest BCUT2D eigenvalue weighted by Gasteiger charge is -2.13. The van der Waals surface area contributed by atoms with Gasteiger partial charge in [0.05, 0.1) is 22.6 Å². The zero-order valence-corrected chi connectivity index (χ0v) is 17.0. The number of fused-ring (bicyclic) bond motifs is 1. The minimum atomic E-state index is -0.797. The number of carbonyl (C=O) groups excluding carboxylic acids is 2. The molecule has 0 saturated carbocycles. The van der Waals surface area contributed by atoms with Crippen molar-refractivity contribution in [3.63, 3.8) is 0 Å². The number of nitrogens with zero attached hydrogens (tertiary/aromatic N) is 1. The van der Waals surface area contributed by atoms with Crippen molar-refractivity contribution in [2.45, 2.75) is 46.8 Å². The molecule has 3 aromatic rings. The third-order valence-electron chi connectivity index (χ3n) is 4.49. The molecule has 0 fully saturated rings. The first-order valence-electron chi connectivity index (χ1n) is 9.29. The summed E-state index contributed by atoms with van der Waals surface area (Å²) < 4.78 is 10.7. The Hall–Kier alpha value is -3.42. The van der Waals surface area contributed by atoms with Crippen LogP contribution >= 0.6 is 0 Å². The van der Waals surface area contributed by atoms with Crippen LogP contribution in [0, 0.1) is 13.8 Å². The van der Waals surface area contributed by atoms with Gasteiger partial charge in [-0.25, -0.2) is 14.6 Å². The van der Waals surface area contributed by atoms with Crippen molar-refractivity contribution in [2.24, 2.45) is 0 Å². The van der Waals surface area contributed by atoms with E-state index in [0.29, 0.717) is 27.7 Å². The van der Waals surface area contributed by atoms with E-state index in [0.717, 1.165) is 0 Å². The van der Waals surface area contributed by atoms with Crippen LogP contribution < -0.4 is 5.56 Å². The molecule has 0 spiro atoms. The SMILES string of the molecule is Cc1[nH]c(C(=O)O[C@H](C)c2nc3ccccc3c(=O)[nH]2)c(C)c1C(=O)OC(C)C. The number of hydrogen-bond acceptors (Lipinski definition) is 6. The van der Waals surface area contributed by atoms with Gasteiger partial charge in [-0.2, -0.15) is 0 Å². The maximum atomic E-state index is 12.7. The molecule has 8 heteroatoms. The minimum absolute atomic E-state index is 0.160. The van der Waals surface area contributed by atoms with Crippen molar-refractivity contribution in [1.82, 2.24) is 15.0 Å². The van der Waals surface area contributed by atoms with Crippen LogP contribution in [0.1, 0.15) is 64.8 Å². The summed E-state index contributed by atoms with van der Waals surface area (Å²) in [5, 5.41) is 0.457. The lowest BCUT2D eigenvalue weighted by molar-refractivity contribution is 0.0312. The van der Waals surface area contributed by atoms with E-state index in [2.05, 4.69) is 15.0 Å². The summed E-state index contributed by atoms with van der Waals surface area (Å²) in [5.41, 5.74) is 1.65. The van der Waals surface area contributed by atoms with E-state index in [1.54, 1.807) is 58.9 Å². The molecule has 0 aliphatic rings. The summed E-state index contributed by atoms with van der Waals surface area (Å²) in [6.45, 7) is 8.46. The van der Waals surface area contributed by atoms with Crippen molar-refractivity contribution in [3.8, 4) is 0 Å². The van der Waals surface area contributed by atoms with Crippen LogP contribution in [-0.4, -0.2) is 33.0 Å². The van der Waals surface area contributed by atoms with Gasteiger partial charge in [-0.15, -0.1) is 0 Å². The van der Waals surface area contributed by atoms with Crippen LogP contribution in [-0.2, 0) is 9.47 Å². The molecule has 152 valence electrons. The Labute approximate surface area is 167 Å². The molecule has 0 radical (unpaired) electrons. The zero-order valence-electron chi connectivity index (χ0n) is 17.0. The smallest absolute Gasteiger partial charge is 0.355 e. The molecule has 29 heavy (non-hydrogen) atoms. The number of aryl methyl sites for hydroxylation is 1. The van der Waals surface area contributed by atoms with Crippen molar-refractivity contribution >= 4 is 22.8 Å². The highest BCUT2D eigenvalue weighted by atomic mass is 16.5.